The van der Waals surface area contributed by atoms with Gasteiger partial charge in [-0.2, -0.15) is 0 Å². The summed E-state index contributed by atoms with van der Waals surface area (Å²) in [4.78, 5) is 0. The lowest BCUT2D eigenvalue weighted by Gasteiger charge is -2.09. The van der Waals surface area contributed by atoms with E-state index >= 15 is 0 Å². The molecule has 0 aliphatic rings. The van der Waals surface area contributed by atoms with Crippen LogP contribution in [0.5, 0.6) is 0 Å². The van der Waals surface area contributed by atoms with Crippen LogP contribution in [0.1, 0.15) is 100 Å². The van der Waals surface area contributed by atoms with Gasteiger partial charge in [-0.05, 0) is 200 Å². The Bertz CT molecular complexity index is 6470. The Balaban J connectivity index is 0.000000122. The monoisotopic (exact) mass is 1390 g/mol. The van der Waals surface area contributed by atoms with Gasteiger partial charge in [0.25, 0.3) is 0 Å². The highest BCUT2D eigenvalue weighted by atomic mass is 19.1. The highest BCUT2D eigenvalue weighted by Crippen LogP contribution is 2.43. The standard InChI is InChI=1S/C25H19FNO.C23H23FNO.2C22H21FNO/c1-16-12-23-21(15-19(16)22-10-6-7-11-27(22)2)25-20(17-8-4-3-5-9-17)13-18(26)14-24(25)28-23;1-14(2)9-16-5-8-21(25(4)13-16)19-12-20-18-7-6-17(24)11-23(18)26-22(20)10-15(19)3;1-13(2)15-7-8-24(4)20(10-15)18-12-19-17-6-5-16(23)11-22(17)25-21(19)9-14(18)3;1-13(2)21-18(23)9-8-15-17-12-16(19-7-5-6-10-24(19)4)14(3)11-20(17)25-22(15)21/h3-15H,1-2H3;5-8,10-14H,9H2,1-4H3;2*5-13H,1-4H3/q4*+1/i;9D2;1D3,13D;. The van der Waals surface area contributed by atoms with Crippen molar-refractivity contribution in [2.45, 2.75) is 87.4 Å². The van der Waals surface area contributed by atoms with E-state index in [2.05, 4.69) is 59.4 Å². The van der Waals surface area contributed by atoms with Crippen molar-refractivity contribution in [3.63, 3.8) is 0 Å². The number of aromatic nitrogens is 4. The van der Waals surface area contributed by atoms with Gasteiger partial charge in [0.2, 0.25) is 22.8 Å². The Hall–Kier alpha value is -11.5. The molecule has 0 radical (unpaired) electrons. The molecule has 0 fully saturated rings. The molecule has 0 saturated heterocycles. The molecule has 9 aromatic carbocycles. The molecule has 1 unspecified atom stereocenters. The van der Waals surface area contributed by atoms with E-state index in [1.807, 2.05) is 195 Å². The van der Waals surface area contributed by atoms with E-state index in [1.165, 1.54) is 37.3 Å². The average Bonchev–Trinajstić information content (AvgIpc) is 1.62. The predicted octanol–water partition coefficient (Wildman–Crippen LogP) is 23.2. The van der Waals surface area contributed by atoms with E-state index in [0.29, 0.717) is 44.6 Å². The van der Waals surface area contributed by atoms with Crippen LogP contribution in [0.4, 0.5) is 17.6 Å². The Morgan fingerprint density at radius 1 is 0.394 bits per heavy atom. The second-order valence-electron chi connectivity index (χ2n) is 27.7. The number of aryl methyl sites for hydroxylation is 8. The van der Waals surface area contributed by atoms with Crippen LogP contribution in [-0.2, 0) is 34.6 Å². The topological polar surface area (TPSA) is 68.1 Å². The Morgan fingerprint density at radius 2 is 0.856 bits per heavy atom. The number of hydrogen-bond donors (Lipinski definition) is 0. The number of fused-ring (bicyclic) bond motifs is 12. The summed E-state index contributed by atoms with van der Waals surface area (Å²) in [6, 6.07) is 61.3. The maximum Gasteiger partial charge on any atom is 0.212 e. The van der Waals surface area contributed by atoms with E-state index in [1.54, 1.807) is 42.6 Å². The molecule has 0 amide bonds. The maximum atomic E-state index is 14.3. The lowest BCUT2D eigenvalue weighted by atomic mass is 9.96. The summed E-state index contributed by atoms with van der Waals surface area (Å²) in [6.45, 7) is 14.8. The number of benzene rings is 9. The van der Waals surface area contributed by atoms with Crippen molar-refractivity contribution in [1.29, 1.82) is 0 Å². The molecule has 0 aliphatic heterocycles. The fourth-order valence-electron chi connectivity index (χ4n) is 14.3. The zero-order valence-electron chi connectivity index (χ0n) is 66.5. The Morgan fingerprint density at radius 3 is 1.38 bits per heavy atom. The number of furan rings is 4. The normalized spacial score (nSPS) is 13.3. The SMILES string of the molecule is Cc1cc2oc3c(C(C)C)c(F)ccc3c2cc1-c1cccc[n+]1C.Cc1cc2oc3cc(F)cc(-c4ccccc4)c3c2cc1-c1cccc[n+]1C.[2H]C([2H])([2H])C([2H])(C)c1cc[n+](C)c(-c2cc3c(cc2C)oc2cc(F)ccc23)c1.[2H]C([2H])(c1ccc(-c2cc3c(cc2C)oc2cc(F)ccc23)[n+](C)c1)C(C)C. The molecule has 0 bridgehead atoms. The van der Waals surface area contributed by atoms with Crippen LogP contribution < -0.4 is 18.3 Å². The van der Waals surface area contributed by atoms with Crippen LogP contribution >= 0.6 is 0 Å². The second-order valence-corrected chi connectivity index (χ2v) is 27.7. The van der Waals surface area contributed by atoms with Gasteiger partial charge in [0.05, 0.1) is 0 Å². The first-order valence-electron chi connectivity index (χ1n) is 37.8. The number of hydrogen-bond acceptors (Lipinski definition) is 4. The zero-order chi connectivity index (χ0) is 78.3. The lowest BCUT2D eigenvalue weighted by molar-refractivity contribution is -0.660. The first-order valence-corrected chi connectivity index (χ1v) is 34.8. The third-order valence-corrected chi connectivity index (χ3v) is 19.5. The van der Waals surface area contributed by atoms with Crippen LogP contribution in [0.25, 0.3) is 144 Å². The molecule has 17 aromatic rings. The lowest BCUT2D eigenvalue weighted by Crippen LogP contribution is -2.31. The maximum absolute atomic E-state index is 14.3. The molecular weight excluding hydrogens is 1300 g/mol. The largest absolute Gasteiger partial charge is 0.456 e. The van der Waals surface area contributed by atoms with E-state index in [9.17, 15) is 17.6 Å². The molecule has 8 aromatic heterocycles. The van der Waals surface area contributed by atoms with Crippen LogP contribution in [0.3, 0.4) is 0 Å². The van der Waals surface area contributed by atoms with Crippen LogP contribution in [0.2, 0.25) is 0 Å². The second kappa shape index (κ2) is 28.4. The minimum atomic E-state index is -2.45. The molecule has 0 N–H and O–H groups in total. The van der Waals surface area contributed by atoms with Crippen LogP contribution in [0.15, 0.2) is 243 Å². The summed E-state index contributed by atoms with van der Waals surface area (Å²) < 4.78 is 136. The summed E-state index contributed by atoms with van der Waals surface area (Å²) in [5.74, 6) is -2.94. The molecule has 8 heterocycles. The van der Waals surface area contributed by atoms with E-state index < -0.39 is 19.1 Å². The van der Waals surface area contributed by atoms with Gasteiger partial charge in [0, 0.05) is 145 Å². The highest BCUT2D eigenvalue weighted by molar-refractivity contribution is 6.14. The smallest absolute Gasteiger partial charge is 0.212 e. The Labute approximate surface area is 611 Å². The fourth-order valence-corrected chi connectivity index (χ4v) is 14.3. The molecule has 17 rings (SSSR count). The molecule has 0 saturated carbocycles. The summed E-state index contributed by atoms with van der Waals surface area (Å²) in [6.07, 6.45) is 6.33. The number of rotatable bonds is 9. The first kappa shape index (κ1) is 62.3. The first-order chi connectivity index (χ1) is 52.2. The van der Waals surface area contributed by atoms with Gasteiger partial charge in [0.15, 0.2) is 24.8 Å². The molecule has 104 heavy (non-hydrogen) atoms. The zero-order valence-corrected chi connectivity index (χ0v) is 60.5. The van der Waals surface area contributed by atoms with Gasteiger partial charge in [-0.3, -0.25) is 0 Å². The molecule has 8 nitrogen and oxygen atoms in total. The van der Waals surface area contributed by atoms with Gasteiger partial charge in [-0.25, -0.2) is 35.8 Å². The van der Waals surface area contributed by atoms with Crippen molar-refractivity contribution in [3.8, 4) is 56.2 Å². The Kier molecular flexibility index (Phi) is 17.0. The summed E-state index contributed by atoms with van der Waals surface area (Å²) >= 11 is 0. The van der Waals surface area contributed by atoms with Gasteiger partial charge < -0.3 is 17.7 Å². The van der Waals surface area contributed by atoms with Crippen molar-refractivity contribution < 1.29 is 61.7 Å². The van der Waals surface area contributed by atoms with Gasteiger partial charge in [-0.1, -0.05) is 71.8 Å². The number of halogens is 4. The molecule has 0 spiro atoms. The fraction of sp³-hybridized carbons (Fsp3) is 0.196. The van der Waals surface area contributed by atoms with E-state index in [-0.39, 0.29) is 35.1 Å². The molecule has 12 heteroatoms. The van der Waals surface area contributed by atoms with Crippen molar-refractivity contribution in [1.82, 2.24) is 0 Å². The molecular formula is C92H84F4N4O4+4. The van der Waals surface area contributed by atoms with E-state index in [0.717, 1.165) is 138 Å². The van der Waals surface area contributed by atoms with Crippen molar-refractivity contribution in [2.24, 2.45) is 34.1 Å². The third kappa shape index (κ3) is 13.5. The van der Waals surface area contributed by atoms with E-state index in [4.69, 9.17) is 25.9 Å². The van der Waals surface area contributed by atoms with Crippen LogP contribution in [-0.4, -0.2) is 0 Å². The molecule has 0 aliphatic carbocycles. The summed E-state index contributed by atoms with van der Waals surface area (Å²) in [5, 5.41) is 7.44. The quantitative estimate of drug-likeness (QED) is 0.107. The van der Waals surface area contributed by atoms with Crippen LogP contribution in [0, 0.1) is 56.9 Å². The van der Waals surface area contributed by atoms with Gasteiger partial charge >= 0.3 is 0 Å². The molecule has 520 valence electrons. The van der Waals surface area contributed by atoms with Crippen molar-refractivity contribution in [2.75, 3.05) is 0 Å². The third-order valence-electron chi connectivity index (χ3n) is 19.5. The average molecular weight is 1390 g/mol. The van der Waals surface area contributed by atoms with Crippen molar-refractivity contribution in [3.05, 3.63) is 287 Å². The van der Waals surface area contributed by atoms with Crippen molar-refractivity contribution >= 4 is 87.8 Å². The summed E-state index contributed by atoms with van der Waals surface area (Å²) in [7, 11) is 7.89. The number of nitrogens with zero attached hydrogens (tertiary/aromatic N) is 4. The van der Waals surface area contributed by atoms with Gasteiger partial charge in [-0.15, -0.1) is 0 Å². The number of pyridine rings is 4. The predicted molar refractivity (Wildman–Crippen MR) is 412 cm³/mol. The summed E-state index contributed by atoms with van der Waals surface area (Å²) in [5.41, 5.74) is 21.3. The minimum Gasteiger partial charge on any atom is -0.456 e. The highest BCUT2D eigenvalue weighted by Gasteiger charge is 2.25. The molecule has 1 atom stereocenters. The minimum absolute atomic E-state index is 0.0664. The van der Waals surface area contributed by atoms with Gasteiger partial charge in [0.1, 0.15) is 96.1 Å².